The molecule has 3 aromatic rings. The summed E-state index contributed by atoms with van der Waals surface area (Å²) in [5.41, 5.74) is 5.85. The Morgan fingerprint density at radius 1 is 1.25 bits per heavy atom. The third-order valence-corrected chi connectivity index (χ3v) is 7.74. The van der Waals surface area contributed by atoms with Crippen molar-refractivity contribution in [2.75, 3.05) is 24.8 Å². The van der Waals surface area contributed by atoms with Crippen LogP contribution in [0.3, 0.4) is 0 Å². The molecule has 2 heterocycles. The number of rotatable bonds is 11. The number of esters is 1. The zero-order valence-electron chi connectivity index (χ0n) is 19.6. The van der Waals surface area contributed by atoms with Gasteiger partial charge < -0.3 is 25.1 Å². The van der Waals surface area contributed by atoms with Crippen molar-refractivity contribution in [3.8, 4) is 5.75 Å². The zero-order chi connectivity index (χ0) is 26.4. The highest BCUT2D eigenvalue weighted by molar-refractivity contribution is 7.99. The maximum Gasteiger partial charge on any atom is 0.341 e. The van der Waals surface area contributed by atoms with Gasteiger partial charge in [-0.3, -0.25) is 9.59 Å². The number of amides is 2. The number of thiophene rings is 1. The summed E-state index contributed by atoms with van der Waals surface area (Å²) in [6, 6.07) is 5.04. The number of nitrogens with two attached hydrogens (primary N) is 1. The second-order valence-corrected chi connectivity index (χ2v) is 10.2. The Labute approximate surface area is 225 Å². The third kappa shape index (κ3) is 6.69. The predicted octanol–water partition coefficient (Wildman–Crippen LogP) is 4.12. The number of nitrogens with zero attached hydrogens (tertiary/aromatic N) is 3. The van der Waals surface area contributed by atoms with Crippen LogP contribution in [-0.4, -0.2) is 52.0 Å². The van der Waals surface area contributed by atoms with E-state index in [9.17, 15) is 14.4 Å². The van der Waals surface area contributed by atoms with Crippen LogP contribution in [-0.2, 0) is 23.0 Å². The molecule has 3 rings (SSSR count). The van der Waals surface area contributed by atoms with Crippen molar-refractivity contribution in [1.29, 1.82) is 0 Å². The van der Waals surface area contributed by atoms with Crippen LogP contribution in [0.4, 0.5) is 5.00 Å². The number of ether oxygens (including phenoxy) is 2. The van der Waals surface area contributed by atoms with E-state index in [-0.39, 0.29) is 27.1 Å². The van der Waals surface area contributed by atoms with E-state index in [2.05, 4.69) is 15.5 Å². The molecule has 10 nitrogen and oxygen atoms in total. The molecule has 0 radical (unpaired) electrons. The lowest BCUT2D eigenvalue weighted by atomic mass is 10.1. The molecule has 14 heteroatoms. The number of aromatic nitrogens is 3. The van der Waals surface area contributed by atoms with Crippen LogP contribution >= 0.6 is 46.3 Å². The second kappa shape index (κ2) is 12.4. The molecule has 0 aliphatic rings. The lowest BCUT2D eigenvalue weighted by Crippen LogP contribution is -2.16. The molecular weight excluding hydrogens is 549 g/mol. The number of benzene rings is 1. The lowest BCUT2D eigenvalue weighted by molar-refractivity contribution is -0.113. The number of aryl methyl sites for hydroxylation is 1. The predicted molar refractivity (Wildman–Crippen MR) is 140 cm³/mol. The number of hydrogen-bond donors (Lipinski definition) is 2. The first-order chi connectivity index (χ1) is 17.1. The van der Waals surface area contributed by atoms with Gasteiger partial charge in [-0.1, -0.05) is 35.0 Å². The average molecular weight is 572 g/mol. The molecular formula is C22H23Cl2N5O5S2. The van der Waals surface area contributed by atoms with Crippen molar-refractivity contribution < 1.29 is 23.9 Å². The number of carbonyl (C=O) groups excluding carboxylic acids is 3. The van der Waals surface area contributed by atoms with E-state index in [1.165, 1.54) is 18.9 Å². The highest BCUT2D eigenvalue weighted by Crippen LogP contribution is 2.33. The first-order valence-corrected chi connectivity index (χ1v) is 13.1. The van der Waals surface area contributed by atoms with Crippen molar-refractivity contribution >= 4 is 69.1 Å². The Balaban J connectivity index is 1.54. The Morgan fingerprint density at radius 2 is 2.00 bits per heavy atom. The summed E-state index contributed by atoms with van der Waals surface area (Å²) in [4.78, 5) is 36.6. The molecule has 0 aliphatic heterocycles. The van der Waals surface area contributed by atoms with Crippen LogP contribution in [0.1, 0.15) is 37.8 Å². The normalized spacial score (nSPS) is 10.8. The van der Waals surface area contributed by atoms with Gasteiger partial charge in [0, 0.05) is 18.5 Å². The summed E-state index contributed by atoms with van der Waals surface area (Å²) in [7, 11) is 3.03. The first kappa shape index (κ1) is 27.8. The quantitative estimate of drug-likeness (QED) is 0.199. The standard InChI is InChI=1S/C22H23Cl2N5O5S2/c1-11-17(21(32)33-3)20(36-18(11)19(25)31)26-16(30)10-35-22-28-27-15(29(22)2)5-4-8-34-14-7-6-12(23)9-13(14)24/h6-7,9H,4-5,8,10H2,1-3H3,(H2,25,31)(H,26,30). The largest absolute Gasteiger partial charge is 0.492 e. The van der Waals surface area contributed by atoms with E-state index in [1.54, 1.807) is 29.7 Å². The summed E-state index contributed by atoms with van der Waals surface area (Å²) >= 11 is 14.1. The number of hydrogen-bond acceptors (Lipinski definition) is 9. The average Bonchev–Trinajstić information content (AvgIpc) is 3.35. The molecule has 0 fully saturated rings. The second-order valence-electron chi connectivity index (χ2n) is 7.44. The Kier molecular flexibility index (Phi) is 9.60. The summed E-state index contributed by atoms with van der Waals surface area (Å²) in [5.74, 6) is -0.448. The first-order valence-electron chi connectivity index (χ1n) is 10.5. The topological polar surface area (TPSA) is 138 Å². The van der Waals surface area contributed by atoms with Gasteiger partial charge in [0.2, 0.25) is 5.91 Å². The van der Waals surface area contributed by atoms with Crippen molar-refractivity contribution in [1.82, 2.24) is 14.8 Å². The minimum Gasteiger partial charge on any atom is -0.492 e. The van der Waals surface area contributed by atoms with Gasteiger partial charge in [-0.25, -0.2) is 4.79 Å². The number of carbonyl (C=O) groups is 3. The van der Waals surface area contributed by atoms with E-state index in [0.29, 0.717) is 46.0 Å². The molecule has 0 bridgehead atoms. The molecule has 0 spiro atoms. The fourth-order valence-corrected chi connectivity index (χ4v) is 5.43. The molecule has 1 aromatic carbocycles. The van der Waals surface area contributed by atoms with Gasteiger partial charge in [-0.05, 0) is 37.1 Å². The van der Waals surface area contributed by atoms with E-state index in [0.717, 1.165) is 17.2 Å². The smallest absolute Gasteiger partial charge is 0.341 e. The molecule has 36 heavy (non-hydrogen) atoms. The van der Waals surface area contributed by atoms with Gasteiger partial charge in [0.05, 0.1) is 34.9 Å². The van der Waals surface area contributed by atoms with Gasteiger partial charge in [0.1, 0.15) is 16.6 Å². The van der Waals surface area contributed by atoms with Crippen LogP contribution in [0, 0.1) is 6.92 Å². The molecule has 0 saturated carbocycles. The van der Waals surface area contributed by atoms with E-state index >= 15 is 0 Å². The minimum absolute atomic E-state index is 0.00755. The molecule has 0 saturated heterocycles. The highest BCUT2D eigenvalue weighted by Gasteiger charge is 2.25. The molecule has 2 aromatic heterocycles. The summed E-state index contributed by atoms with van der Waals surface area (Å²) < 4.78 is 12.3. The van der Waals surface area contributed by atoms with Crippen LogP contribution in [0.25, 0.3) is 0 Å². The van der Waals surface area contributed by atoms with Crippen molar-refractivity contribution in [3.63, 3.8) is 0 Å². The number of nitrogens with one attached hydrogen (secondary N) is 1. The van der Waals surface area contributed by atoms with E-state index in [4.69, 9.17) is 38.4 Å². The van der Waals surface area contributed by atoms with Crippen LogP contribution in [0.15, 0.2) is 23.4 Å². The SMILES string of the molecule is COC(=O)c1c(NC(=O)CSc2nnc(CCCOc3ccc(Cl)cc3Cl)n2C)sc(C(N)=O)c1C. The molecule has 2 amide bonds. The van der Waals surface area contributed by atoms with E-state index < -0.39 is 11.9 Å². The summed E-state index contributed by atoms with van der Waals surface area (Å²) in [6.07, 6.45) is 1.28. The number of methoxy groups -OCH3 is 1. The molecule has 0 atom stereocenters. The third-order valence-electron chi connectivity index (χ3n) is 4.97. The number of anilines is 1. The molecule has 192 valence electrons. The Morgan fingerprint density at radius 3 is 2.67 bits per heavy atom. The van der Waals surface area contributed by atoms with Crippen molar-refractivity contribution in [3.05, 3.63) is 50.1 Å². The fourth-order valence-electron chi connectivity index (χ4n) is 3.17. The maximum absolute atomic E-state index is 12.6. The monoisotopic (exact) mass is 571 g/mol. The minimum atomic E-state index is -0.689. The Hall–Kier alpha value is -2.80. The van der Waals surface area contributed by atoms with Crippen LogP contribution in [0.2, 0.25) is 10.0 Å². The summed E-state index contributed by atoms with van der Waals surface area (Å²) in [5, 5.41) is 12.7. The molecule has 0 unspecified atom stereocenters. The van der Waals surface area contributed by atoms with Gasteiger partial charge in [0.15, 0.2) is 5.16 Å². The summed E-state index contributed by atoms with van der Waals surface area (Å²) in [6.45, 7) is 2.00. The molecule has 3 N–H and O–H groups in total. The Bertz CT molecular complexity index is 1290. The lowest BCUT2D eigenvalue weighted by Gasteiger charge is -2.08. The van der Waals surface area contributed by atoms with E-state index in [1.807, 2.05) is 7.05 Å². The van der Waals surface area contributed by atoms with Gasteiger partial charge in [0.25, 0.3) is 5.91 Å². The van der Waals surface area contributed by atoms with Crippen molar-refractivity contribution in [2.24, 2.45) is 12.8 Å². The number of primary amides is 1. The zero-order valence-corrected chi connectivity index (χ0v) is 22.7. The van der Waals surface area contributed by atoms with Gasteiger partial charge >= 0.3 is 5.97 Å². The number of thioether (sulfide) groups is 1. The highest BCUT2D eigenvalue weighted by atomic mass is 35.5. The van der Waals surface area contributed by atoms with Gasteiger partial charge in [-0.15, -0.1) is 21.5 Å². The molecule has 0 aliphatic carbocycles. The van der Waals surface area contributed by atoms with Gasteiger partial charge in [-0.2, -0.15) is 0 Å². The van der Waals surface area contributed by atoms with Crippen LogP contribution in [0.5, 0.6) is 5.75 Å². The maximum atomic E-state index is 12.6. The van der Waals surface area contributed by atoms with Crippen molar-refractivity contribution in [2.45, 2.75) is 24.9 Å². The fraction of sp³-hybridized carbons (Fsp3) is 0.318. The number of halogens is 2. The van der Waals surface area contributed by atoms with Crippen LogP contribution < -0.4 is 15.8 Å².